The molecule has 0 saturated carbocycles. The van der Waals surface area contributed by atoms with Gasteiger partial charge in [-0.05, 0) is 23.3 Å². The molecule has 0 aliphatic carbocycles. The third-order valence-electron chi connectivity index (χ3n) is 3.71. The Morgan fingerprint density at radius 2 is 1.93 bits per heavy atom. The highest BCUT2D eigenvalue weighted by Gasteiger charge is 2.10. The number of nitrogens with zero attached hydrogens (tertiary/aromatic N) is 3. The summed E-state index contributed by atoms with van der Waals surface area (Å²) in [6, 6.07) is 12.7. The maximum Gasteiger partial charge on any atom is 0.387 e. The van der Waals surface area contributed by atoms with Gasteiger partial charge in [0.25, 0.3) is 5.69 Å². The number of non-ortho nitro benzene ring substituents is 1. The van der Waals surface area contributed by atoms with Crippen LogP contribution in [-0.2, 0) is 13.1 Å². The van der Waals surface area contributed by atoms with Crippen LogP contribution in [-0.4, -0.2) is 36.5 Å². The lowest BCUT2D eigenvalue weighted by Gasteiger charge is -2.22. The molecule has 28 heavy (non-hydrogen) atoms. The molecule has 0 amide bonds. The standard InChI is InChI=1S/C18H20F2N4O3.HI/c1-21-18(22-11-14-4-3-5-15(10-14)24(25)26)23(2)12-13-6-8-16(9-7-13)27-17(19)20;/h3-10,17H,11-12H2,1-2H3,(H,21,22);1H. The number of ether oxygens (including phenoxy) is 1. The Morgan fingerprint density at radius 1 is 1.25 bits per heavy atom. The van der Waals surface area contributed by atoms with Gasteiger partial charge in [-0.15, -0.1) is 24.0 Å². The molecule has 0 heterocycles. The molecule has 0 unspecified atom stereocenters. The molecule has 7 nitrogen and oxygen atoms in total. The Labute approximate surface area is 178 Å². The zero-order valence-corrected chi connectivity index (χ0v) is 17.7. The van der Waals surface area contributed by atoms with E-state index in [2.05, 4.69) is 15.0 Å². The third-order valence-corrected chi connectivity index (χ3v) is 3.71. The first kappa shape index (κ1) is 23.5. The van der Waals surface area contributed by atoms with Gasteiger partial charge in [-0.2, -0.15) is 8.78 Å². The molecule has 0 aliphatic rings. The van der Waals surface area contributed by atoms with Gasteiger partial charge in [0.05, 0.1) is 4.92 Å². The average molecular weight is 506 g/mol. The molecule has 0 fully saturated rings. The summed E-state index contributed by atoms with van der Waals surface area (Å²) in [5.41, 5.74) is 1.67. The van der Waals surface area contributed by atoms with Gasteiger partial charge in [0.15, 0.2) is 5.96 Å². The molecular formula is C18H21F2IN4O3. The number of nitro groups is 1. The first-order chi connectivity index (χ1) is 12.9. The van der Waals surface area contributed by atoms with Gasteiger partial charge < -0.3 is 15.0 Å². The fraction of sp³-hybridized carbons (Fsp3) is 0.278. The SMILES string of the molecule is CN=C(NCc1cccc([N+](=O)[O-])c1)N(C)Cc1ccc(OC(F)F)cc1.I. The molecule has 0 atom stereocenters. The quantitative estimate of drug-likeness (QED) is 0.202. The van der Waals surface area contributed by atoms with Crippen molar-refractivity contribution in [1.29, 1.82) is 0 Å². The molecule has 0 saturated heterocycles. The summed E-state index contributed by atoms with van der Waals surface area (Å²) < 4.78 is 28.7. The minimum atomic E-state index is -2.85. The average Bonchev–Trinajstić information content (AvgIpc) is 2.63. The first-order valence-corrected chi connectivity index (χ1v) is 8.08. The number of guanidine groups is 1. The van der Waals surface area contributed by atoms with Crippen molar-refractivity contribution in [2.24, 2.45) is 4.99 Å². The Morgan fingerprint density at radius 3 is 2.50 bits per heavy atom. The number of halogens is 3. The number of hydrogen-bond donors (Lipinski definition) is 1. The largest absolute Gasteiger partial charge is 0.435 e. The topological polar surface area (TPSA) is 80.0 Å². The number of nitrogens with one attached hydrogen (secondary N) is 1. The van der Waals surface area contributed by atoms with Crippen LogP contribution in [0.3, 0.4) is 0 Å². The van der Waals surface area contributed by atoms with Crippen molar-refractivity contribution < 1.29 is 18.4 Å². The van der Waals surface area contributed by atoms with Gasteiger partial charge in [0, 0.05) is 39.3 Å². The number of hydrogen-bond acceptors (Lipinski definition) is 4. The minimum absolute atomic E-state index is 0. The third kappa shape index (κ3) is 7.25. The Hall–Kier alpha value is -2.50. The van der Waals surface area contributed by atoms with E-state index in [1.54, 1.807) is 31.3 Å². The van der Waals surface area contributed by atoms with Crippen LogP contribution < -0.4 is 10.1 Å². The van der Waals surface area contributed by atoms with Crippen molar-refractivity contribution in [3.8, 4) is 5.75 Å². The first-order valence-electron chi connectivity index (χ1n) is 8.08. The lowest BCUT2D eigenvalue weighted by Crippen LogP contribution is -2.38. The van der Waals surface area contributed by atoms with Gasteiger partial charge in [-0.3, -0.25) is 15.1 Å². The van der Waals surface area contributed by atoms with E-state index in [-0.39, 0.29) is 35.4 Å². The van der Waals surface area contributed by atoms with E-state index in [1.807, 2.05) is 11.9 Å². The maximum atomic E-state index is 12.2. The fourth-order valence-corrected chi connectivity index (χ4v) is 2.47. The van der Waals surface area contributed by atoms with Crippen molar-refractivity contribution in [3.05, 3.63) is 69.8 Å². The summed E-state index contributed by atoms with van der Waals surface area (Å²) in [4.78, 5) is 16.4. The van der Waals surface area contributed by atoms with E-state index >= 15 is 0 Å². The van der Waals surface area contributed by atoms with Crippen LogP contribution in [0.1, 0.15) is 11.1 Å². The van der Waals surface area contributed by atoms with Crippen LogP contribution in [0.25, 0.3) is 0 Å². The summed E-state index contributed by atoms with van der Waals surface area (Å²) in [5.74, 6) is 0.694. The number of benzene rings is 2. The van der Waals surface area contributed by atoms with Crippen LogP contribution in [0.5, 0.6) is 5.75 Å². The molecule has 2 aromatic carbocycles. The van der Waals surface area contributed by atoms with E-state index in [9.17, 15) is 18.9 Å². The Bertz CT molecular complexity index is 804. The molecule has 1 N–H and O–H groups in total. The van der Waals surface area contributed by atoms with E-state index in [0.29, 0.717) is 19.0 Å². The monoisotopic (exact) mass is 506 g/mol. The van der Waals surface area contributed by atoms with Crippen LogP contribution >= 0.6 is 24.0 Å². The van der Waals surface area contributed by atoms with Crippen LogP contribution in [0.4, 0.5) is 14.5 Å². The lowest BCUT2D eigenvalue weighted by atomic mass is 10.2. The van der Waals surface area contributed by atoms with E-state index in [0.717, 1.165) is 11.1 Å². The summed E-state index contributed by atoms with van der Waals surface area (Å²) in [7, 11) is 3.46. The van der Waals surface area contributed by atoms with Crippen molar-refractivity contribution >= 4 is 35.6 Å². The minimum Gasteiger partial charge on any atom is -0.435 e. The second-order valence-corrected chi connectivity index (χ2v) is 5.71. The summed E-state index contributed by atoms with van der Waals surface area (Å²) >= 11 is 0. The highest BCUT2D eigenvalue weighted by atomic mass is 127. The summed E-state index contributed by atoms with van der Waals surface area (Å²) in [6.45, 7) is -1.99. The highest BCUT2D eigenvalue weighted by molar-refractivity contribution is 14.0. The van der Waals surface area contributed by atoms with Crippen molar-refractivity contribution in [2.45, 2.75) is 19.7 Å². The van der Waals surface area contributed by atoms with Gasteiger partial charge >= 0.3 is 6.61 Å². The normalized spacial score (nSPS) is 11.0. The van der Waals surface area contributed by atoms with Gasteiger partial charge in [0.2, 0.25) is 0 Å². The Balaban J connectivity index is 0.00000392. The van der Waals surface area contributed by atoms with Crippen molar-refractivity contribution in [3.63, 3.8) is 0 Å². The molecule has 0 radical (unpaired) electrons. The zero-order chi connectivity index (χ0) is 19.8. The van der Waals surface area contributed by atoms with Gasteiger partial charge in [0.1, 0.15) is 5.75 Å². The number of nitro benzene ring substituents is 1. The highest BCUT2D eigenvalue weighted by Crippen LogP contribution is 2.16. The number of rotatable bonds is 7. The predicted molar refractivity (Wildman–Crippen MR) is 113 cm³/mol. The second kappa shape index (κ2) is 11.4. The summed E-state index contributed by atoms with van der Waals surface area (Å²) in [6.07, 6.45) is 0. The predicted octanol–water partition coefficient (Wildman–Crippen LogP) is 4.02. The zero-order valence-electron chi connectivity index (χ0n) is 15.3. The molecule has 0 aromatic heterocycles. The van der Waals surface area contributed by atoms with Crippen molar-refractivity contribution in [2.75, 3.05) is 14.1 Å². The second-order valence-electron chi connectivity index (χ2n) is 5.71. The Kier molecular flexibility index (Phi) is 9.56. The molecule has 0 bridgehead atoms. The van der Waals surface area contributed by atoms with Gasteiger partial charge in [-0.1, -0.05) is 24.3 Å². The van der Waals surface area contributed by atoms with Crippen LogP contribution in [0.15, 0.2) is 53.5 Å². The van der Waals surface area contributed by atoms with Crippen LogP contribution in [0.2, 0.25) is 0 Å². The molecule has 0 spiro atoms. The molecular weight excluding hydrogens is 485 g/mol. The molecule has 0 aliphatic heterocycles. The smallest absolute Gasteiger partial charge is 0.387 e. The van der Waals surface area contributed by atoms with Crippen molar-refractivity contribution in [1.82, 2.24) is 10.2 Å². The van der Waals surface area contributed by atoms with Gasteiger partial charge in [-0.25, -0.2) is 0 Å². The lowest BCUT2D eigenvalue weighted by molar-refractivity contribution is -0.384. The van der Waals surface area contributed by atoms with Crippen LogP contribution in [0, 0.1) is 10.1 Å². The summed E-state index contributed by atoms with van der Waals surface area (Å²) in [5, 5.41) is 14.0. The fourth-order valence-electron chi connectivity index (χ4n) is 2.47. The molecule has 10 heteroatoms. The number of alkyl halides is 2. The molecule has 152 valence electrons. The van der Waals surface area contributed by atoms with E-state index in [1.165, 1.54) is 24.3 Å². The van der Waals surface area contributed by atoms with E-state index in [4.69, 9.17) is 0 Å². The maximum absolute atomic E-state index is 12.2. The van der Waals surface area contributed by atoms with E-state index < -0.39 is 11.5 Å². The number of aliphatic imine (C=N–C) groups is 1. The molecule has 2 aromatic rings. The molecule has 2 rings (SSSR count).